The summed E-state index contributed by atoms with van der Waals surface area (Å²) in [6.07, 6.45) is -1.49. The van der Waals surface area contributed by atoms with Gasteiger partial charge in [0.15, 0.2) is 11.6 Å². The normalized spacial score (nSPS) is 17.9. The van der Waals surface area contributed by atoms with E-state index in [4.69, 9.17) is 9.47 Å². The average molecular weight is 444 g/mol. The van der Waals surface area contributed by atoms with Crippen LogP contribution in [-0.4, -0.2) is 58.2 Å². The van der Waals surface area contributed by atoms with Gasteiger partial charge in [-0.15, -0.1) is 0 Å². The van der Waals surface area contributed by atoms with Gasteiger partial charge < -0.3 is 14.8 Å². The van der Waals surface area contributed by atoms with E-state index in [2.05, 4.69) is 5.32 Å². The highest BCUT2D eigenvalue weighted by Crippen LogP contribution is 2.29. The number of methoxy groups -OCH3 is 1. The largest absolute Gasteiger partial charge is 0.495 e. The van der Waals surface area contributed by atoms with Crippen molar-refractivity contribution in [1.82, 2.24) is 4.31 Å². The summed E-state index contributed by atoms with van der Waals surface area (Å²) >= 11 is 0. The summed E-state index contributed by atoms with van der Waals surface area (Å²) in [7, 11) is -2.94. The van der Waals surface area contributed by atoms with Gasteiger partial charge in [0.1, 0.15) is 16.8 Å². The first-order valence-electron chi connectivity index (χ1n) is 8.89. The quantitative estimate of drug-likeness (QED) is 0.767. The smallest absolute Gasteiger partial charge is 0.255 e. The zero-order chi connectivity index (χ0) is 21.9. The second-order valence-electron chi connectivity index (χ2n) is 6.48. The first-order chi connectivity index (χ1) is 14.2. The van der Waals surface area contributed by atoms with Gasteiger partial charge in [-0.25, -0.2) is 21.6 Å². The average Bonchev–Trinajstić information content (AvgIpc) is 2.95. The predicted molar refractivity (Wildman–Crippen MR) is 102 cm³/mol. The van der Waals surface area contributed by atoms with Crippen LogP contribution in [0.15, 0.2) is 41.3 Å². The number of nitrogens with zero attached hydrogens (tertiary/aromatic N) is 1. The molecule has 0 radical (unpaired) electrons. The predicted octanol–water partition coefficient (Wildman–Crippen LogP) is 2.58. The molecule has 2 aromatic rings. The van der Waals surface area contributed by atoms with Crippen LogP contribution < -0.4 is 10.1 Å². The van der Waals surface area contributed by atoms with Gasteiger partial charge in [-0.3, -0.25) is 4.79 Å². The van der Waals surface area contributed by atoms with Crippen molar-refractivity contribution >= 4 is 21.6 Å². The Balaban J connectivity index is 1.92. The molecule has 11 heteroatoms. The van der Waals surface area contributed by atoms with Crippen LogP contribution in [0.3, 0.4) is 0 Å². The molecule has 0 aromatic heterocycles. The summed E-state index contributed by atoms with van der Waals surface area (Å²) in [5, 5.41) is 2.36. The minimum Gasteiger partial charge on any atom is -0.495 e. The van der Waals surface area contributed by atoms with Gasteiger partial charge in [0.05, 0.1) is 20.3 Å². The van der Waals surface area contributed by atoms with E-state index in [-0.39, 0.29) is 41.7 Å². The minimum absolute atomic E-state index is 0.0101. The highest BCUT2D eigenvalue weighted by atomic mass is 32.2. The number of amides is 1. The molecule has 1 unspecified atom stereocenters. The number of rotatable bonds is 5. The first-order valence-corrected chi connectivity index (χ1v) is 10.3. The number of halogens is 3. The van der Waals surface area contributed by atoms with Crippen LogP contribution in [-0.2, 0) is 14.8 Å². The van der Waals surface area contributed by atoms with Crippen LogP contribution in [0.1, 0.15) is 10.4 Å². The fourth-order valence-corrected chi connectivity index (χ4v) is 4.53. The number of nitrogens with one attached hydrogen (secondary N) is 1. The van der Waals surface area contributed by atoms with Gasteiger partial charge in [0.2, 0.25) is 10.0 Å². The number of anilines is 1. The van der Waals surface area contributed by atoms with Gasteiger partial charge in [-0.2, -0.15) is 4.31 Å². The summed E-state index contributed by atoms with van der Waals surface area (Å²) in [4.78, 5) is 12.2. The molecule has 0 saturated carbocycles. The van der Waals surface area contributed by atoms with E-state index in [1.165, 1.54) is 19.2 Å². The number of carbonyl (C=O) groups excluding carboxylic acids is 1. The molecule has 1 amide bonds. The Hall–Kier alpha value is -2.63. The zero-order valence-electron chi connectivity index (χ0n) is 15.9. The molecule has 30 heavy (non-hydrogen) atoms. The van der Waals surface area contributed by atoms with Crippen LogP contribution in [0.4, 0.5) is 18.9 Å². The van der Waals surface area contributed by atoms with Crippen LogP contribution in [0.2, 0.25) is 0 Å². The van der Waals surface area contributed by atoms with E-state index in [9.17, 15) is 26.4 Å². The van der Waals surface area contributed by atoms with Gasteiger partial charge in [-0.05, 0) is 30.3 Å². The zero-order valence-corrected chi connectivity index (χ0v) is 16.7. The van der Waals surface area contributed by atoms with E-state index in [0.29, 0.717) is 0 Å². The Bertz CT molecular complexity index is 1050. The highest BCUT2D eigenvalue weighted by Gasteiger charge is 2.32. The molecular formula is C19H19F3N2O5S. The van der Waals surface area contributed by atoms with E-state index in [0.717, 1.165) is 28.6 Å². The molecular weight excluding hydrogens is 425 g/mol. The van der Waals surface area contributed by atoms with Crippen LogP contribution in [0, 0.1) is 11.6 Å². The van der Waals surface area contributed by atoms with E-state index in [1.807, 2.05) is 0 Å². The monoisotopic (exact) mass is 444 g/mol. The number of ether oxygens (including phenoxy) is 2. The molecule has 3 rings (SSSR count). The van der Waals surface area contributed by atoms with Gasteiger partial charge in [-0.1, -0.05) is 0 Å². The summed E-state index contributed by atoms with van der Waals surface area (Å²) in [6.45, 7) is -0.633. The second kappa shape index (κ2) is 9.02. The molecule has 2 aromatic carbocycles. The Morgan fingerprint density at radius 2 is 1.97 bits per heavy atom. The molecule has 0 spiro atoms. The van der Waals surface area contributed by atoms with Crippen molar-refractivity contribution in [2.75, 3.05) is 38.7 Å². The number of carbonyl (C=O) groups is 1. The van der Waals surface area contributed by atoms with E-state index < -0.39 is 40.3 Å². The standard InChI is InChI=1S/C19H19F3N2O5S/c1-28-17-5-2-12(19(25)23-14-3-4-15(21)16(22)9-14)8-18(17)30(26,27)24-6-7-29-11-13(20)10-24/h2-5,8-9,13H,6-7,10-11H2,1H3,(H,23,25). The van der Waals surface area contributed by atoms with Crippen LogP contribution in [0.25, 0.3) is 0 Å². The number of hydrogen-bond acceptors (Lipinski definition) is 5. The van der Waals surface area contributed by atoms with Crippen molar-refractivity contribution in [3.63, 3.8) is 0 Å². The Morgan fingerprint density at radius 1 is 1.20 bits per heavy atom. The lowest BCUT2D eigenvalue weighted by atomic mass is 10.2. The van der Waals surface area contributed by atoms with E-state index >= 15 is 0 Å². The first kappa shape index (κ1) is 22.1. The van der Waals surface area contributed by atoms with Gasteiger partial charge in [0, 0.05) is 30.4 Å². The molecule has 0 bridgehead atoms. The summed E-state index contributed by atoms with van der Waals surface area (Å²) in [6, 6.07) is 6.50. The lowest BCUT2D eigenvalue weighted by Gasteiger charge is -2.22. The maximum Gasteiger partial charge on any atom is 0.255 e. The molecule has 1 N–H and O–H groups in total. The highest BCUT2D eigenvalue weighted by molar-refractivity contribution is 7.89. The Labute approximate surface area is 171 Å². The molecule has 1 atom stereocenters. The summed E-state index contributed by atoms with van der Waals surface area (Å²) < 4.78 is 77.5. The molecule has 7 nitrogen and oxygen atoms in total. The number of sulfonamides is 1. The number of hydrogen-bond donors (Lipinski definition) is 1. The van der Waals surface area contributed by atoms with Crippen molar-refractivity contribution in [1.29, 1.82) is 0 Å². The SMILES string of the molecule is COc1ccc(C(=O)Nc2ccc(F)c(F)c2)cc1S(=O)(=O)N1CCOCC(F)C1. The molecule has 162 valence electrons. The fraction of sp³-hybridized carbons (Fsp3) is 0.316. The van der Waals surface area contributed by atoms with Crippen molar-refractivity contribution in [3.05, 3.63) is 53.6 Å². The maximum absolute atomic E-state index is 13.8. The topological polar surface area (TPSA) is 84.9 Å². The molecule has 1 aliphatic rings. The minimum atomic E-state index is -4.20. The molecule has 1 aliphatic heterocycles. The third kappa shape index (κ3) is 4.74. The molecule has 0 aliphatic carbocycles. The summed E-state index contributed by atoms with van der Waals surface area (Å²) in [5.74, 6) is -2.99. The lowest BCUT2D eigenvalue weighted by Crippen LogP contribution is -2.36. The molecule has 1 fully saturated rings. The van der Waals surface area contributed by atoms with Crippen LogP contribution in [0.5, 0.6) is 5.75 Å². The Kier molecular flexibility index (Phi) is 6.64. The third-order valence-electron chi connectivity index (χ3n) is 4.41. The lowest BCUT2D eigenvalue weighted by molar-refractivity contribution is 0.102. The Morgan fingerprint density at radius 3 is 2.67 bits per heavy atom. The third-order valence-corrected chi connectivity index (χ3v) is 6.29. The van der Waals surface area contributed by atoms with E-state index in [1.54, 1.807) is 0 Å². The fourth-order valence-electron chi connectivity index (χ4n) is 2.90. The van der Waals surface area contributed by atoms with Gasteiger partial charge >= 0.3 is 0 Å². The van der Waals surface area contributed by atoms with Crippen molar-refractivity contribution in [2.45, 2.75) is 11.1 Å². The second-order valence-corrected chi connectivity index (χ2v) is 8.39. The number of benzene rings is 2. The van der Waals surface area contributed by atoms with Gasteiger partial charge in [0.25, 0.3) is 5.91 Å². The van der Waals surface area contributed by atoms with Crippen molar-refractivity contribution in [2.24, 2.45) is 0 Å². The molecule has 1 saturated heterocycles. The molecule has 1 heterocycles. The number of alkyl halides is 1. The van der Waals surface area contributed by atoms with Crippen molar-refractivity contribution in [3.8, 4) is 5.75 Å². The van der Waals surface area contributed by atoms with Crippen LogP contribution >= 0.6 is 0 Å². The maximum atomic E-state index is 13.8. The van der Waals surface area contributed by atoms with Crippen molar-refractivity contribution < 1.29 is 35.9 Å². The summed E-state index contributed by atoms with van der Waals surface area (Å²) in [5.41, 5.74) is -0.0777.